The van der Waals surface area contributed by atoms with Gasteiger partial charge < -0.3 is 5.32 Å². The molecule has 0 aliphatic rings. The second-order valence-electron chi connectivity index (χ2n) is 4.01. The zero-order valence-corrected chi connectivity index (χ0v) is 13.3. The van der Waals surface area contributed by atoms with E-state index in [1.54, 1.807) is 13.0 Å². The highest BCUT2D eigenvalue weighted by atomic mass is 79.9. The summed E-state index contributed by atoms with van der Waals surface area (Å²) in [6, 6.07) is 5.38. The molecule has 0 atom stereocenters. The predicted molar refractivity (Wildman–Crippen MR) is 81.0 cm³/mol. The number of nitrogens with zero attached hydrogens (tertiary/aromatic N) is 1. The Morgan fingerprint density at radius 1 is 1.35 bits per heavy atom. The van der Waals surface area contributed by atoms with Crippen molar-refractivity contribution >= 4 is 50.7 Å². The third kappa shape index (κ3) is 3.29. The highest BCUT2D eigenvalue weighted by Gasteiger charge is 2.15. The number of amides is 1. The maximum absolute atomic E-state index is 13.0. The Kier molecular flexibility index (Phi) is 4.62. The van der Waals surface area contributed by atoms with E-state index in [0.717, 1.165) is 0 Å². The molecule has 7 heteroatoms. The van der Waals surface area contributed by atoms with Gasteiger partial charge in [0.15, 0.2) is 5.15 Å². The van der Waals surface area contributed by atoms with E-state index in [4.69, 9.17) is 23.2 Å². The largest absolute Gasteiger partial charge is 0.319 e. The molecule has 1 N–H and O–H groups in total. The Hall–Kier alpha value is -1.17. The topological polar surface area (TPSA) is 42.0 Å². The van der Waals surface area contributed by atoms with E-state index in [-0.39, 0.29) is 15.9 Å². The monoisotopic (exact) mass is 376 g/mol. The van der Waals surface area contributed by atoms with Gasteiger partial charge in [0.2, 0.25) is 0 Å². The summed E-state index contributed by atoms with van der Waals surface area (Å²) in [4.78, 5) is 16.0. The van der Waals surface area contributed by atoms with Gasteiger partial charge in [0, 0.05) is 4.47 Å². The molecule has 1 amide bonds. The summed E-state index contributed by atoms with van der Waals surface area (Å²) in [5, 5.41) is 2.98. The molecule has 1 aromatic heterocycles. The Morgan fingerprint density at radius 3 is 2.65 bits per heavy atom. The Balaban J connectivity index is 2.33. The summed E-state index contributed by atoms with van der Waals surface area (Å²) in [7, 11) is 0. The first-order valence-corrected chi connectivity index (χ1v) is 7.02. The van der Waals surface area contributed by atoms with Crippen molar-refractivity contribution in [1.82, 2.24) is 4.98 Å². The molecule has 0 saturated heterocycles. The van der Waals surface area contributed by atoms with Crippen molar-refractivity contribution in [3.63, 3.8) is 0 Å². The molecule has 1 aromatic carbocycles. The number of aromatic nitrogens is 1. The third-order valence-electron chi connectivity index (χ3n) is 2.56. The lowest BCUT2D eigenvalue weighted by atomic mass is 10.2. The van der Waals surface area contributed by atoms with Crippen LogP contribution in [0.5, 0.6) is 0 Å². The highest BCUT2D eigenvalue weighted by molar-refractivity contribution is 9.10. The van der Waals surface area contributed by atoms with Crippen LogP contribution >= 0.6 is 39.1 Å². The van der Waals surface area contributed by atoms with Crippen molar-refractivity contribution in [3.8, 4) is 0 Å². The van der Waals surface area contributed by atoms with E-state index in [1.165, 1.54) is 18.2 Å². The van der Waals surface area contributed by atoms with Crippen LogP contribution in [0.2, 0.25) is 10.3 Å². The first kappa shape index (κ1) is 15.2. The fourth-order valence-corrected chi connectivity index (χ4v) is 2.71. The van der Waals surface area contributed by atoms with Crippen LogP contribution in [-0.4, -0.2) is 10.9 Å². The van der Waals surface area contributed by atoms with Gasteiger partial charge in [-0.15, -0.1) is 0 Å². The molecule has 0 spiro atoms. The van der Waals surface area contributed by atoms with Crippen LogP contribution in [0.25, 0.3) is 0 Å². The zero-order valence-electron chi connectivity index (χ0n) is 10.2. The van der Waals surface area contributed by atoms with Gasteiger partial charge in [-0.1, -0.05) is 23.2 Å². The van der Waals surface area contributed by atoms with Gasteiger partial charge >= 0.3 is 0 Å². The van der Waals surface area contributed by atoms with Gasteiger partial charge in [0.05, 0.1) is 11.3 Å². The van der Waals surface area contributed by atoms with Gasteiger partial charge in [0.25, 0.3) is 5.91 Å². The number of rotatable bonds is 2. The fraction of sp³-hybridized carbons (Fsp3) is 0.0769. The Morgan fingerprint density at radius 2 is 2.05 bits per heavy atom. The molecule has 0 unspecified atom stereocenters. The van der Waals surface area contributed by atoms with Gasteiger partial charge in [-0.2, -0.15) is 0 Å². The van der Waals surface area contributed by atoms with E-state index >= 15 is 0 Å². The average Bonchev–Trinajstić information content (AvgIpc) is 2.33. The summed E-state index contributed by atoms with van der Waals surface area (Å²) in [5.41, 5.74) is 1.34. The molecule has 0 aliphatic heterocycles. The summed E-state index contributed by atoms with van der Waals surface area (Å²) in [6.07, 6.45) is 0. The Bertz CT molecular complexity index is 671. The molecule has 2 rings (SSSR count). The number of pyridine rings is 1. The highest BCUT2D eigenvalue weighted by Crippen LogP contribution is 2.28. The van der Waals surface area contributed by atoms with Crippen molar-refractivity contribution in [2.24, 2.45) is 0 Å². The van der Waals surface area contributed by atoms with Crippen molar-refractivity contribution in [2.75, 3.05) is 5.32 Å². The van der Waals surface area contributed by atoms with E-state index < -0.39 is 11.7 Å². The van der Waals surface area contributed by atoms with Crippen LogP contribution in [0.1, 0.15) is 15.9 Å². The number of halogens is 4. The summed E-state index contributed by atoms with van der Waals surface area (Å²) in [5.74, 6) is -0.859. The van der Waals surface area contributed by atoms with E-state index in [1.807, 2.05) is 0 Å². The molecular formula is C13H8BrCl2FN2O. The molecule has 3 nitrogen and oxygen atoms in total. The Labute approximate surface area is 133 Å². The van der Waals surface area contributed by atoms with Crippen LogP contribution in [-0.2, 0) is 0 Å². The van der Waals surface area contributed by atoms with E-state index in [9.17, 15) is 9.18 Å². The molecule has 1 heterocycles. The SMILES string of the molecule is Cc1cc(Cl)nc(Cl)c1NC(=O)c1ccc(F)cc1Br. The minimum Gasteiger partial charge on any atom is -0.319 e. The van der Waals surface area contributed by atoms with Gasteiger partial charge in [-0.05, 0) is 52.7 Å². The number of carbonyl (C=O) groups excluding carboxylic acids is 1. The van der Waals surface area contributed by atoms with Crippen molar-refractivity contribution < 1.29 is 9.18 Å². The second kappa shape index (κ2) is 6.08. The van der Waals surface area contributed by atoms with Crippen LogP contribution in [0.3, 0.4) is 0 Å². The van der Waals surface area contributed by atoms with Crippen LogP contribution in [0.15, 0.2) is 28.7 Å². The maximum atomic E-state index is 13.0. The molecule has 0 saturated carbocycles. The van der Waals surface area contributed by atoms with Crippen LogP contribution in [0.4, 0.5) is 10.1 Å². The van der Waals surface area contributed by atoms with Crippen molar-refractivity contribution in [2.45, 2.75) is 6.92 Å². The lowest BCUT2D eigenvalue weighted by Crippen LogP contribution is -2.14. The lowest BCUT2D eigenvalue weighted by molar-refractivity contribution is 0.102. The molecule has 20 heavy (non-hydrogen) atoms. The quantitative estimate of drug-likeness (QED) is 0.760. The number of aryl methyl sites for hydroxylation is 1. The number of benzene rings is 1. The van der Waals surface area contributed by atoms with Crippen molar-refractivity contribution in [3.05, 3.63) is 56.0 Å². The van der Waals surface area contributed by atoms with Crippen LogP contribution < -0.4 is 5.32 Å². The maximum Gasteiger partial charge on any atom is 0.256 e. The number of nitrogens with one attached hydrogen (secondary N) is 1. The smallest absolute Gasteiger partial charge is 0.256 e. The number of hydrogen-bond acceptors (Lipinski definition) is 2. The standard InChI is InChI=1S/C13H8BrCl2FN2O/c1-6-4-10(15)18-12(16)11(6)19-13(20)8-3-2-7(17)5-9(8)14/h2-5H,1H3,(H,19,20). The molecule has 104 valence electrons. The summed E-state index contributed by atoms with van der Waals surface area (Å²) >= 11 is 14.8. The summed E-state index contributed by atoms with van der Waals surface area (Å²) in [6.45, 7) is 1.74. The summed E-state index contributed by atoms with van der Waals surface area (Å²) < 4.78 is 13.4. The van der Waals surface area contributed by atoms with E-state index in [0.29, 0.717) is 15.7 Å². The minimum absolute atomic E-state index is 0.0987. The molecule has 0 radical (unpaired) electrons. The fourth-order valence-electron chi connectivity index (χ4n) is 1.60. The third-order valence-corrected chi connectivity index (χ3v) is 3.68. The molecular weight excluding hydrogens is 370 g/mol. The molecule has 0 fully saturated rings. The first-order valence-electron chi connectivity index (χ1n) is 5.47. The number of hydrogen-bond donors (Lipinski definition) is 1. The zero-order chi connectivity index (χ0) is 14.9. The second-order valence-corrected chi connectivity index (χ2v) is 5.61. The molecule has 0 bridgehead atoms. The molecule has 2 aromatic rings. The van der Waals surface area contributed by atoms with Gasteiger partial charge in [-0.3, -0.25) is 4.79 Å². The normalized spacial score (nSPS) is 10.4. The van der Waals surface area contributed by atoms with Crippen molar-refractivity contribution in [1.29, 1.82) is 0 Å². The minimum atomic E-state index is -0.434. The van der Waals surface area contributed by atoms with Crippen LogP contribution in [0, 0.1) is 12.7 Å². The lowest BCUT2D eigenvalue weighted by Gasteiger charge is -2.11. The number of carbonyl (C=O) groups is 1. The van der Waals surface area contributed by atoms with Gasteiger partial charge in [0.1, 0.15) is 11.0 Å². The average molecular weight is 378 g/mol. The van der Waals surface area contributed by atoms with E-state index in [2.05, 4.69) is 26.2 Å². The number of anilines is 1. The van der Waals surface area contributed by atoms with Gasteiger partial charge in [-0.25, -0.2) is 9.37 Å². The molecule has 0 aliphatic carbocycles. The first-order chi connectivity index (χ1) is 9.38. The predicted octanol–water partition coefficient (Wildman–Crippen LogP) is 4.85.